The quantitative estimate of drug-likeness (QED) is 0.464. The molecule has 1 atom stereocenters. The molecule has 0 saturated heterocycles. The minimum atomic E-state index is -3.82. The van der Waals surface area contributed by atoms with Crippen LogP contribution in [-0.4, -0.2) is 70.3 Å². The van der Waals surface area contributed by atoms with Gasteiger partial charge in [0.25, 0.3) is 0 Å². The van der Waals surface area contributed by atoms with Crippen LogP contribution >= 0.6 is 0 Å². The second-order valence-electron chi connectivity index (χ2n) is 8.64. The summed E-state index contributed by atoms with van der Waals surface area (Å²) in [5, 5.41) is 2.87. The molecule has 1 aliphatic rings. The average Bonchev–Trinajstić information content (AvgIpc) is 2.87. The molecule has 2 aromatic rings. The van der Waals surface area contributed by atoms with Gasteiger partial charge in [-0.25, -0.2) is 8.42 Å². The Balaban J connectivity index is 1.88. The third kappa shape index (κ3) is 7.13. The molecule has 0 saturated carbocycles. The molecular weight excluding hydrogens is 482 g/mol. The first-order valence-electron chi connectivity index (χ1n) is 12.2. The van der Waals surface area contributed by atoms with E-state index in [0.29, 0.717) is 49.8 Å². The lowest BCUT2D eigenvalue weighted by molar-refractivity contribution is -0.139. The Kier molecular flexibility index (Phi) is 9.58. The zero-order valence-corrected chi connectivity index (χ0v) is 21.9. The summed E-state index contributed by atoms with van der Waals surface area (Å²) in [5.41, 5.74) is 1.31. The van der Waals surface area contributed by atoms with Crippen LogP contribution in [0.25, 0.3) is 0 Å². The molecule has 1 heterocycles. The highest BCUT2D eigenvalue weighted by molar-refractivity contribution is 7.92. The first kappa shape index (κ1) is 27.3. The van der Waals surface area contributed by atoms with Crippen molar-refractivity contribution in [2.75, 3.05) is 43.4 Å². The molecule has 0 aromatic heterocycles. The van der Waals surface area contributed by atoms with Crippen LogP contribution in [0, 0.1) is 0 Å². The van der Waals surface area contributed by atoms with Crippen LogP contribution in [0.3, 0.4) is 0 Å². The number of hydrogen-bond acceptors (Lipinski definition) is 6. The summed E-state index contributed by atoms with van der Waals surface area (Å²) in [5.74, 6) is 0.245. The fourth-order valence-electron chi connectivity index (χ4n) is 4.06. The van der Waals surface area contributed by atoms with Gasteiger partial charge in [0.1, 0.15) is 25.8 Å². The maximum Gasteiger partial charge on any atom is 0.244 e. The number of sulfonamides is 1. The first-order chi connectivity index (χ1) is 17.2. The van der Waals surface area contributed by atoms with Gasteiger partial charge in [-0.2, -0.15) is 0 Å². The van der Waals surface area contributed by atoms with E-state index < -0.39 is 28.5 Å². The second kappa shape index (κ2) is 12.6. The molecular formula is C26H35N3O6S. The molecule has 2 amide bonds. The zero-order chi connectivity index (χ0) is 26.1. The van der Waals surface area contributed by atoms with Gasteiger partial charge in [-0.1, -0.05) is 44.2 Å². The molecule has 2 aromatic carbocycles. The number of nitrogens with zero attached hydrogens (tertiary/aromatic N) is 2. The predicted octanol–water partition coefficient (Wildman–Crippen LogP) is 2.60. The zero-order valence-electron chi connectivity index (χ0n) is 21.1. The molecule has 3 rings (SSSR count). The second-order valence-corrected chi connectivity index (χ2v) is 10.5. The van der Waals surface area contributed by atoms with Gasteiger partial charge in [-0.3, -0.25) is 13.9 Å². The van der Waals surface area contributed by atoms with Crippen molar-refractivity contribution in [3.63, 3.8) is 0 Å². The Bertz CT molecular complexity index is 1140. The van der Waals surface area contributed by atoms with E-state index in [2.05, 4.69) is 5.32 Å². The fourth-order valence-corrected chi connectivity index (χ4v) is 4.90. The summed E-state index contributed by atoms with van der Waals surface area (Å²) in [6, 6.07) is 13.7. The highest BCUT2D eigenvalue weighted by Crippen LogP contribution is 2.34. The van der Waals surface area contributed by atoms with Crippen molar-refractivity contribution >= 4 is 27.5 Å². The molecule has 0 fully saturated rings. The van der Waals surface area contributed by atoms with Crippen molar-refractivity contribution in [2.45, 2.75) is 39.2 Å². The Morgan fingerprint density at radius 2 is 1.72 bits per heavy atom. The van der Waals surface area contributed by atoms with Crippen molar-refractivity contribution in [3.8, 4) is 11.5 Å². The lowest BCUT2D eigenvalue weighted by Crippen LogP contribution is -2.53. The van der Waals surface area contributed by atoms with E-state index in [1.165, 1.54) is 4.90 Å². The normalized spacial score (nSPS) is 13.5. The number of amides is 2. The molecule has 0 aliphatic carbocycles. The highest BCUT2D eigenvalue weighted by Gasteiger charge is 2.31. The third-order valence-electron chi connectivity index (χ3n) is 5.91. The summed E-state index contributed by atoms with van der Waals surface area (Å²) in [4.78, 5) is 28.1. The average molecular weight is 518 g/mol. The van der Waals surface area contributed by atoms with E-state index in [9.17, 15) is 18.0 Å². The maximum absolute atomic E-state index is 13.6. The number of hydrogen-bond donors (Lipinski definition) is 1. The molecule has 1 aliphatic heterocycles. The van der Waals surface area contributed by atoms with Crippen molar-refractivity contribution in [2.24, 2.45) is 0 Å². The Hall–Kier alpha value is -3.27. The summed E-state index contributed by atoms with van der Waals surface area (Å²) >= 11 is 0. The standard InChI is InChI=1S/C26H35N3O6S/c1-4-14-27-26(31)22(5-2)28(15-13-20-9-7-6-8-10-20)25(30)19-29(36(3,32)33)21-11-12-23-24(18-21)35-17-16-34-23/h6-12,18,22H,4-5,13-17,19H2,1-3H3,(H,27,31)/t22-/m1/s1. The van der Waals surface area contributed by atoms with Crippen LogP contribution < -0.4 is 19.1 Å². The third-order valence-corrected chi connectivity index (χ3v) is 7.05. The van der Waals surface area contributed by atoms with Gasteiger partial charge in [0.2, 0.25) is 21.8 Å². The molecule has 0 radical (unpaired) electrons. The van der Waals surface area contributed by atoms with Gasteiger partial charge >= 0.3 is 0 Å². The number of carbonyl (C=O) groups is 2. The predicted molar refractivity (Wildman–Crippen MR) is 139 cm³/mol. The van der Waals surface area contributed by atoms with Crippen LogP contribution in [0.1, 0.15) is 32.3 Å². The molecule has 0 spiro atoms. The summed E-state index contributed by atoms with van der Waals surface area (Å²) < 4.78 is 37.7. The van der Waals surface area contributed by atoms with E-state index in [1.807, 2.05) is 44.2 Å². The van der Waals surface area contributed by atoms with E-state index in [1.54, 1.807) is 18.2 Å². The number of carbonyl (C=O) groups excluding carboxylic acids is 2. The molecule has 0 unspecified atom stereocenters. The lowest BCUT2D eigenvalue weighted by Gasteiger charge is -2.33. The molecule has 1 N–H and O–H groups in total. The molecule has 9 nitrogen and oxygen atoms in total. The smallest absolute Gasteiger partial charge is 0.244 e. The van der Waals surface area contributed by atoms with Crippen molar-refractivity contribution < 1.29 is 27.5 Å². The number of rotatable bonds is 12. The van der Waals surface area contributed by atoms with Gasteiger partial charge in [0, 0.05) is 19.2 Å². The van der Waals surface area contributed by atoms with E-state index >= 15 is 0 Å². The first-order valence-corrected chi connectivity index (χ1v) is 14.1. The van der Waals surface area contributed by atoms with Gasteiger partial charge in [-0.05, 0) is 37.0 Å². The minimum Gasteiger partial charge on any atom is -0.486 e. The van der Waals surface area contributed by atoms with E-state index in [0.717, 1.165) is 22.5 Å². The molecule has 36 heavy (non-hydrogen) atoms. The van der Waals surface area contributed by atoms with Crippen LogP contribution in [0.15, 0.2) is 48.5 Å². The van der Waals surface area contributed by atoms with Gasteiger partial charge in [0.15, 0.2) is 11.5 Å². The van der Waals surface area contributed by atoms with Crippen LogP contribution in [-0.2, 0) is 26.0 Å². The number of anilines is 1. The van der Waals surface area contributed by atoms with Crippen LogP contribution in [0.2, 0.25) is 0 Å². The highest BCUT2D eigenvalue weighted by atomic mass is 32.2. The maximum atomic E-state index is 13.6. The monoisotopic (exact) mass is 517 g/mol. The van der Waals surface area contributed by atoms with Gasteiger partial charge < -0.3 is 19.7 Å². The molecule has 10 heteroatoms. The Labute approximate surface area is 213 Å². The van der Waals surface area contributed by atoms with Crippen LogP contribution in [0.5, 0.6) is 11.5 Å². The van der Waals surface area contributed by atoms with Gasteiger partial charge in [-0.15, -0.1) is 0 Å². The van der Waals surface area contributed by atoms with Gasteiger partial charge in [0.05, 0.1) is 11.9 Å². The van der Waals surface area contributed by atoms with Crippen molar-refractivity contribution in [1.82, 2.24) is 10.2 Å². The molecule has 0 bridgehead atoms. The Morgan fingerprint density at radius 3 is 2.36 bits per heavy atom. The van der Waals surface area contributed by atoms with Crippen molar-refractivity contribution in [3.05, 3.63) is 54.1 Å². The lowest BCUT2D eigenvalue weighted by atomic mass is 10.1. The summed E-state index contributed by atoms with van der Waals surface area (Å²) in [6.07, 6.45) is 2.76. The van der Waals surface area contributed by atoms with Crippen molar-refractivity contribution in [1.29, 1.82) is 0 Å². The number of benzene rings is 2. The van der Waals surface area contributed by atoms with E-state index in [-0.39, 0.29) is 12.5 Å². The number of fused-ring (bicyclic) bond motifs is 1. The largest absolute Gasteiger partial charge is 0.486 e. The van der Waals surface area contributed by atoms with Crippen LogP contribution in [0.4, 0.5) is 5.69 Å². The van der Waals surface area contributed by atoms with E-state index in [4.69, 9.17) is 9.47 Å². The fraction of sp³-hybridized carbons (Fsp3) is 0.462. The Morgan fingerprint density at radius 1 is 1.03 bits per heavy atom. The SMILES string of the molecule is CCCNC(=O)[C@@H](CC)N(CCc1ccccc1)C(=O)CN(c1ccc2c(c1)OCCO2)S(C)(=O)=O. The minimum absolute atomic E-state index is 0.244. The summed E-state index contributed by atoms with van der Waals surface area (Å²) in [6.45, 7) is 4.90. The number of nitrogens with one attached hydrogen (secondary N) is 1. The number of ether oxygens (including phenoxy) is 2. The summed E-state index contributed by atoms with van der Waals surface area (Å²) in [7, 11) is -3.82. The molecule has 196 valence electrons. The topological polar surface area (TPSA) is 105 Å².